The second-order valence-corrected chi connectivity index (χ2v) is 8.10. The van der Waals surface area contributed by atoms with Gasteiger partial charge in [-0.3, -0.25) is 14.6 Å². The van der Waals surface area contributed by atoms with Crippen molar-refractivity contribution in [1.82, 2.24) is 20.2 Å². The number of carbonyl (C=O) groups excluding carboxylic acids is 2. The summed E-state index contributed by atoms with van der Waals surface area (Å²) in [6, 6.07) is 5.74. The molecule has 2 aromatic rings. The molecule has 2 aliphatic heterocycles. The van der Waals surface area contributed by atoms with Crippen LogP contribution in [-0.2, 0) is 4.79 Å². The highest BCUT2D eigenvalue weighted by Gasteiger charge is 2.34. The Morgan fingerprint density at radius 1 is 1.10 bits per heavy atom. The number of aryl methyl sites for hydroxylation is 2. The molecule has 2 amide bonds. The number of amides is 2. The fraction of sp³-hybridized carbons (Fsp3) is 0.455. The first kappa shape index (κ1) is 19.4. The van der Waals surface area contributed by atoms with Gasteiger partial charge in [0, 0.05) is 45.1 Å². The van der Waals surface area contributed by atoms with Gasteiger partial charge in [-0.15, -0.1) is 0 Å². The van der Waals surface area contributed by atoms with E-state index in [0.717, 1.165) is 35.7 Å². The number of aromatic nitrogens is 2. The summed E-state index contributed by atoms with van der Waals surface area (Å²) in [5, 5.41) is 2.87. The number of carbonyl (C=O) groups is 2. The summed E-state index contributed by atoms with van der Waals surface area (Å²) < 4.78 is 0. The molecule has 2 aromatic heterocycles. The van der Waals surface area contributed by atoms with Crippen LogP contribution in [0.15, 0.2) is 30.6 Å². The molecule has 7 heteroatoms. The van der Waals surface area contributed by atoms with Crippen molar-refractivity contribution in [3.05, 3.63) is 53.0 Å². The number of nitrogens with one attached hydrogen (secondary N) is 1. The van der Waals surface area contributed by atoms with E-state index in [2.05, 4.69) is 33.2 Å². The van der Waals surface area contributed by atoms with Crippen LogP contribution < -0.4 is 10.2 Å². The topological polar surface area (TPSA) is 78.4 Å². The van der Waals surface area contributed by atoms with Gasteiger partial charge < -0.3 is 15.1 Å². The molecule has 2 aliphatic rings. The van der Waals surface area contributed by atoms with Gasteiger partial charge in [0.2, 0.25) is 5.91 Å². The summed E-state index contributed by atoms with van der Waals surface area (Å²) in [6.45, 7) is 9.64. The first-order chi connectivity index (χ1) is 13.9. The molecule has 2 atom stereocenters. The minimum absolute atomic E-state index is 0.0128. The lowest BCUT2D eigenvalue weighted by atomic mass is 9.93. The van der Waals surface area contributed by atoms with Crippen LogP contribution in [0.5, 0.6) is 0 Å². The van der Waals surface area contributed by atoms with Crippen molar-refractivity contribution in [2.45, 2.75) is 26.7 Å². The summed E-state index contributed by atoms with van der Waals surface area (Å²) >= 11 is 0. The number of hydrogen-bond acceptors (Lipinski definition) is 5. The molecule has 152 valence electrons. The maximum Gasteiger partial charge on any atom is 0.255 e. The van der Waals surface area contributed by atoms with Crippen molar-refractivity contribution in [2.24, 2.45) is 5.92 Å². The molecule has 1 N–H and O–H groups in total. The molecule has 1 unspecified atom stereocenters. The van der Waals surface area contributed by atoms with E-state index >= 15 is 0 Å². The van der Waals surface area contributed by atoms with Crippen molar-refractivity contribution >= 4 is 17.6 Å². The first-order valence-electron chi connectivity index (χ1n) is 10.1. The minimum Gasteiger partial charge on any atom is -0.355 e. The van der Waals surface area contributed by atoms with Crippen LogP contribution in [0.3, 0.4) is 0 Å². The Hall–Kier alpha value is -2.96. The summed E-state index contributed by atoms with van der Waals surface area (Å²) in [5.41, 5.74) is 3.61. The second-order valence-electron chi connectivity index (χ2n) is 8.10. The predicted octanol–water partition coefficient (Wildman–Crippen LogP) is 1.91. The first-order valence-corrected chi connectivity index (χ1v) is 10.1. The summed E-state index contributed by atoms with van der Waals surface area (Å²) in [6.07, 6.45) is 3.49. The van der Waals surface area contributed by atoms with Crippen molar-refractivity contribution < 1.29 is 9.59 Å². The standard InChI is InChI=1S/C22H27N5O2/c1-14-10-15(2)20(24-11-14)26-6-8-27(9-7-26)22(29)17-4-5-18(23-13-17)19-16(3)12-25-21(19)28/h4-5,10-11,13,16,19H,6-9,12H2,1-3H3,(H,25,28)/t16?,19-/m1/s1. The van der Waals surface area contributed by atoms with E-state index in [1.807, 2.05) is 31.0 Å². The lowest BCUT2D eigenvalue weighted by Crippen LogP contribution is -2.49. The van der Waals surface area contributed by atoms with E-state index in [4.69, 9.17) is 0 Å². The van der Waals surface area contributed by atoms with E-state index in [0.29, 0.717) is 25.2 Å². The van der Waals surface area contributed by atoms with Gasteiger partial charge in [0.25, 0.3) is 5.91 Å². The smallest absolute Gasteiger partial charge is 0.255 e. The molecular formula is C22H27N5O2. The highest BCUT2D eigenvalue weighted by molar-refractivity contribution is 5.94. The van der Waals surface area contributed by atoms with Crippen LogP contribution in [0.1, 0.15) is 40.0 Å². The monoisotopic (exact) mass is 393 g/mol. The SMILES string of the molecule is Cc1cnc(N2CCN(C(=O)c3ccc([C@@H]4C(=O)NCC4C)nc3)CC2)c(C)c1. The van der Waals surface area contributed by atoms with Gasteiger partial charge in [-0.05, 0) is 43.0 Å². The maximum atomic E-state index is 12.9. The maximum absolute atomic E-state index is 12.9. The second kappa shape index (κ2) is 7.81. The van der Waals surface area contributed by atoms with Crippen molar-refractivity contribution in [1.29, 1.82) is 0 Å². The molecule has 7 nitrogen and oxygen atoms in total. The number of piperazine rings is 1. The number of hydrogen-bond donors (Lipinski definition) is 1. The molecule has 4 rings (SSSR count). The number of pyridine rings is 2. The molecule has 0 saturated carbocycles. The van der Waals surface area contributed by atoms with E-state index in [1.165, 1.54) is 0 Å². The zero-order valence-corrected chi connectivity index (χ0v) is 17.2. The number of anilines is 1. The summed E-state index contributed by atoms with van der Waals surface area (Å²) in [7, 11) is 0. The molecule has 2 fully saturated rings. The van der Waals surface area contributed by atoms with E-state index in [1.54, 1.807) is 12.3 Å². The normalized spacial score (nSPS) is 22.0. The summed E-state index contributed by atoms with van der Waals surface area (Å²) in [5.74, 6) is 0.982. The molecule has 0 bridgehead atoms. The van der Waals surface area contributed by atoms with Gasteiger partial charge in [-0.1, -0.05) is 13.0 Å². The van der Waals surface area contributed by atoms with Crippen molar-refractivity contribution in [3.8, 4) is 0 Å². The third-order valence-corrected chi connectivity index (χ3v) is 5.86. The Balaban J connectivity index is 1.40. The lowest BCUT2D eigenvalue weighted by Gasteiger charge is -2.36. The van der Waals surface area contributed by atoms with E-state index in [9.17, 15) is 9.59 Å². The van der Waals surface area contributed by atoms with Crippen LogP contribution in [0, 0.1) is 19.8 Å². The van der Waals surface area contributed by atoms with Crippen LogP contribution in [0.2, 0.25) is 0 Å². The molecule has 4 heterocycles. The van der Waals surface area contributed by atoms with E-state index in [-0.39, 0.29) is 23.7 Å². The Morgan fingerprint density at radius 3 is 2.45 bits per heavy atom. The van der Waals surface area contributed by atoms with Gasteiger partial charge in [0.15, 0.2) is 0 Å². The fourth-order valence-corrected chi connectivity index (χ4v) is 4.23. The predicted molar refractivity (Wildman–Crippen MR) is 111 cm³/mol. The highest BCUT2D eigenvalue weighted by Crippen LogP contribution is 2.27. The molecule has 29 heavy (non-hydrogen) atoms. The van der Waals surface area contributed by atoms with Crippen molar-refractivity contribution in [2.75, 3.05) is 37.6 Å². The zero-order chi connectivity index (χ0) is 20.5. The van der Waals surface area contributed by atoms with Crippen LogP contribution in [0.4, 0.5) is 5.82 Å². The van der Waals surface area contributed by atoms with E-state index < -0.39 is 0 Å². The number of nitrogens with zero attached hydrogens (tertiary/aromatic N) is 4. The van der Waals surface area contributed by atoms with Gasteiger partial charge in [0.05, 0.1) is 17.2 Å². The molecule has 2 saturated heterocycles. The van der Waals surface area contributed by atoms with Gasteiger partial charge >= 0.3 is 0 Å². The zero-order valence-electron chi connectivity index (χ0n) is 17.2. The minimum atomic E-state index is -0.229. The average molecular weight is 393 g/mol. The number of rotatable bonds is 3. The van der Waals surface area contributed by atoms with Crippen LogP contribution in [-0.4, -0.2) is 59.4 Å². The Morgan fingerprint density at radius 2 is 1.86 bits per heavy atom. The van der Waals surface area contributed by atoms with Crippen molar-refractivity contribution in [3.63, 3.8) is 0 Å². The molecule has 0 spiro atoms. The lowest BCUT2D eigenvalue weighted by molar-refractivity contribution is -0.120. The molecule has 0 radical (unpaired) electrons. The third kappa shape index (κ3) is 3.81. The molecule has 0 aliphatic carbocycles. The van der Waals surface area contributed by atoms with Gasteiger partial charge in [-0.2, -0.15) is 0 Å². The van der Waals surface area contributed by atoms with Gasteiger partial charge in [0.1, 0.15) is 5.82 Å². The fourth-order valence-electron chi connectivity index (χ4n) is 4.23. The Kier molecular flexibility index (Phi) is 5.22. The quantitative estimate of drug-likeness (QED) is 0.862. The third-order valence-electron chi connectivity index (χ3n) is 5.86. The molecular weight excluding hydrogens is 366 g/mol. The highest BCUT2D eigenvalue weighted by atomic mass is 16.2. The Bertz CT molecular complexity index is 919. The largest absolute Gasteiger partial charge is 0.355 e. The van der Waals surface area contributed by atoms with Crippen LogP contribution in [0.25, 0.3) is 0 Å². The van der Waals surface area contributed by atoms with Gasteiger partial charge in [-0.25, -0.2) is 4.98 Å². The summed E-state index contributed by atoms with van der Waals surface area (Å²) in [4.78, 5) is 38.0. The molecule has 0 aromatic carbocycles. The Labute approximate surface area is 171 Å². The average Bonchev–Trinajstić information content (AvgIpc) is 3.06. The van der Waals surface area contributed by atoms with Crippen LogP contribution >= 0.6 is 0 Å².